The van der Waals surface area contributed by atoms with Crippen LogP contribution in [0.1, 0.15) is 245 Å². The number of phosphoric acid groups is 1. The molecule has 0 rings (SSSR count). The Hall–Kier alpha value is -6.45. The van der Waals surface area contributed by atoms with E-state index in [1.807, 2.05) is 21.1 Å². The van der Waals surface area contributed by atoms with E-state index in [4.69, 9.17) is 18.5 Å². The van der Waals surface area contributed by atoms with Crippen LogP contribution >= 0.6 is 7.82 Å². The summed E-state index contributed by atoms with van der Waals surface area (Å²) in [7, 11) is 1.41. The molecule has 1 N–H and O–H groups in total. The van der Waals surface area contributed by atoms with Gasteiger partial charge in [-0.3, -0.25) is 18.6 Å². The van der Waals surface area contributed by atoms with Gasteiger partial charge in [-0.05, 0) is 173 Å². The number of rotatable bonds is 67. The molecule has 0 amide bonds. The lowest BCUT2D eigenvalue weighted by Gasteiger charge is -2.24. The van der Waals surface area contributed by atoms with Gasteiger partial charge in [-0.25, -0.2) is 4.57 Å². The Morgan fingerprint density at radius 1 is 0.310 bits per heavy atom. The second-order valence-corrected chi connectivity index (χ2v) is 27.0. The third-order valence-corrected chi connectivity index (χ3v) is 16.0. The van der Waals surface area contributed by atoms with Gasteiger partial charge in [0.15, 0.2) is 6.10 Å². The first-order chi connectivity index (χ1) is 49.0. The zero-order valence-electron chi connectivity index (χ0n) is 63.3. The molecule has 100 heavy (non-hydrogen) atoms. The zero-order valence-corrected chi connectivity index (χ0v) is 64.2. The fraction of sp³-hybridized carbons (Fsp3) is 0.511. The summed E-state index contributed by atoms with van der Waals surface area (Å²) >= 11 is 0. The number of quaternary nitrogens is 1. The molecule has 0 bridgehead atoms. The highest BCUT2D eigenvalue weighted by Gasteiger charge is 2.27. The lowest BCUT2D eigenvalue weighted by molar-refractivity contribution is -0.870. The minimum absolute atomic E-state index is 0.00981. The summed E-state index contributed by atoms with van der Waals surface area (Å²) in [6.45, 7) is 4.12. The first kappa shape index (κ1) is 93.6. The largest absolute Gasteiger partial charge is 0.472 e. The number of ether oxygens (including phenoxy) is 2. The van der Waals surface area contributed by atoms with Gasteiger partial charge in [0.1, 0.15) is 19.8 Å². The van der Waals surface area contributed by atoms with E-state index in [1.165, 1.54) is 19.3 Å². The summed E-state index contributed by atoms with van der Waals surface area (Å²) < 4.78 is 34.7. The molecule has 0 radical (unpaired) electrons. The Kier molecular flexibility index (Phi) is 71.8. The molecule has 0 aromatic carbocycles. The van der Waals surface area contributed by atoms with Crippen molar-refractivity contribution in [2.75, 3.05) is 47.5 Å². The number of hydrogen-bond acceptors (Lipinski definition) is 7. The first-order valence-electron chi connectivity index (χ1n) is 38.4. The smallest absolute Gasteiger partial charge is 0.462 e. The normalized spacial score (nSPS) is 14.5. The van der Waals surface area contributed by atoms with Crippen LogP contribution in [0.25, 0.3) is 0 Å². The fourth-order valence-electron chi connectivity index (χ4n) is 9.28. The van der Waals surface area contributed by atoms with Crippen molar-refractivity contribution in [2.45, 2.75) is 251 Å². The Morgan fingerprint density at radius 2 is 0.540 bits per heavy atom. The average Bonchev–Trinajstić information content (AvgIpc) is 1.30. The number of hydrogen-bond donors (Lipinski definition) is 1. The van der Waals surface area contributed by atoms with Crippen LogP contribution < -0.4 is 0 Å². The quantitative estimate of drug-likeness (QED) is 0.0211. The minimum atomic E-state index is -4.43. The van der Waals surface area contributed by atoms with Crippen molar-refractivity contribution in [3.05, 3.63) is 255 Å². The van der Waals surface area contributed by atoms with Gasteiger partial charge in [0.05, 0.1) is 27.7 Å². The average molecular weight is 1390 g/mol. The van der Waals surface area contributed by atoms with Crippen LogP contribution in [0.2, 0.25) is 0 Å². The number of nitrogens with zero attached hydrogens (tertiary/aromatic N) is 1. The second-order valence-electron chi connectivity index (χ2n) is 25.6. The summed E-state index contributed by atoms with van der Waals surface area (Å²) in [5, 5.41) is 0. The third-order valence-electron chi connectivity index (χ3n) is 15.1. The van der Waals surface area contributed by atoms with Crippen LogP contribution in [-0.2, 0) is 32.7 Å². The molecule has 0 saturated carbocycles. The predicted octanol–water partition coefficient (Wildman–Crippen LogP) is 26.0. The topological polar surface area (TPSA) is 108 Å². The number of allylic oxidation sites excluding steroid dienone is 42. The summed E-state index contributed by atoms with van der Waals surface area (Å²) in [5.74, 6) is -0.860. The van der Waals surface area contributed by atoms with Gasteiger partial charge in [0, 0.05) is 12.8 Å². The van der Waals surface area contributed by atoms with E-state index < -0.39 is 32.5 Å². The minimum Gasteiger partial charge on any atom is -0.462 e. The molecule has 0 heterocycles. The van der Waals surface area contributed by atoms with Crippen molar-refractivity contribution in [3.8, 4) is 0 Å². The van der Waals surface area contributed by atoms with E-state index in [-0.39, 0.29) is 26.1 Å². The first-order valence-corrected chi connectivity index (χ1v) is 39.9. The molecule has 0 aromatic heterocycles. The molecule has 0 spiro atoms. The van der Waals surface area contributed by atoms with Gasteiger partial charge < -0.3 is 18.9 Å². The summed E-state index contributed by atoms with van der Waals surface area (Å²) in [6, 6.07) is 0. The zero-order chi connectivity index (χ0) is 72.5. The van der Waals surface area contributed by atoms with Gasteiger partial charge >= 0.3 is 19.8 Å². The van der Waals surface area contributed by atoms with Crippen LogP contribution in [0.3, 0.4) is 0 Å². The number of carbonyl (C=O) groups is 2. The standard InChI is InChI=1S/C90H138NO8P/c1-6-8-10-12-14-16-18-20-22-24-26-28-30-32-34-36-38-40-42-43-44-45-46-47-49-51-53-55-57-59-61-63-65-67-69-71-73-75-77-79-81-83-90(93)99-88(87-98-100(94,95)97-85-84-91(3,4)5)86-96-89(92)82-80-78-76-74-72-70-68-66-64-62-60-58-56-54-52-50-48-41-39-37-35-33-31-29-27-25-23-21-19-17-15-13-11-9-7-2/h8-11,14-17,20-23,26-29,32-35,38-41,43-44,46-47,50-53,56-59,62-65,69,71,88H,6-7,12-13,18-19,24-25,30-31,36-37,42,45,48-49,54-55,60-61,66-68,70,72-87H2,1-5H3/p+1/b10-8-,11-9-,16-14-,17-15-,22-20-,23-21-,28-26-,29-27-,34-32-,35-33-,40-38-,41-39-,44-43-,47-46-,52-50-,53-51-,58-56-,59-57-,64-62-,65-63-,71-69-. The predicted molar refractivity (Wildman–Crippen MR) is 435 cm³/mol. The van der Waals surface area contributed by atoms with Crippen LogP contribution in [0.15, 0.2) is 255 Å². The van der Waals surface area contributed by atoms with Crippen molar-refractivity contribution in [1.29, 1.82) is 0 Å². The summed E-state index contributed by atoms with van der Waals surface area (Å²) in [4.78, 5) is 35.9. The number of phosphoric ester groups is 1. The molecule has 0 fully saturated rings. The van der Waals surface area contributed by atoms with E-state index in [9.17, 15) is 19.0 Å². The number of unbranched alkanes of at least 4 members (excludes halogenated alkanes) is 11. The molecule has 2 atom stereocenters. The van der Waals surface area contributed by atoms with E-state index in [0.717, 1.165) is 186 Å². The van der Waals surface area contributed by atoms with Crippen LogP contribution in [0, 0.1) is 0 Å². The van der Waals surface area contributed by atoms with E-state index >= 15 is 0 Å². The van der Waals surface area contributed by atoms with Gasteiger partial charge in [-0.15, -0.1) is 0 Å². The monoisotopic (exact) mass is 1390 g/mol. The van der Waals surface area contributed by atoms with Gasteiger partial charge in [-0.1, -0.05) is 314 Å². The Labute approximate surface area is 612 Å². The lowest BCUT2D eigenvalue weighted by Crippen LogP contribution is -2.37. The molecule has 0 aliphatic carbocycles. The Bertz CT molecular complexity index is 2650. The molecular weight excluding hydrogens is 1250 g/mol. The highest BCUT2D eigenvalue weighted by molar-refractivity contribution is 7.47. The van der Waals surface area contributed by atoms with Crippen molar-refractivity contribution in [3.63, 3.8) is 0 Å². The molecule has 0 aliphatic rings. The molecule has 556 valence electrons. The van der Waals surface area contributed by atoms with Crippen molar-refractivity contribution in [1.82, 2.24) is 0 Å². The van der Waals surface area contributed by atoms with Crippen molar-refractivity contribution in [2.24, 2.45) is 0 Å². The molecular formula is C90H139NO8P+. The molecule has 9 nitrogen and oxygen atoms in total. The maximum absolute atomic E-state index is 12.9. The maximum Gasteiger partial charge on any atom is 0.472 e. The van der Waals surface area contributed by atoms with Crippen molar-refractivity contribution >= 4 is 19.8 Å². The van der Waals surface area contributed by atoms with E-state index in [1.54, 1.807) is 0 Å². The third kappa shape index (κ3) is 80.5. The second kappa shape index (κ2) is 76.7. The number of esters is 2. The molecule has 0 aromatic rings. The van der Waals surface area contributed by atoms with Crippen LogP contribution in [0.5, 0.6) is 0 Å². The number of carbonyl (C=O) groups excluding carboxylic acids is 2. The SMILES string of the molecule is CC/C=C\C/C=C\C/C=C\C/C=C\C/C=C\C/C=C\C/C=C\C/C=C\C/C=C\C/C=C\C/C=C\C/C=C\CCCCCCC(=O)OC(COC(=O)CCCCCCCCC/C=C\C/C=C\C/C=C\C/C=C\C/C=C\C/C=C\C/C=C\C/C=C\C/C=C\CC)COP(=O)(O)OCC[N+](C)(C)C. The fourth-order valence-corrected chi connectivity index (χ4v) is 10.0. The summed E-state index contributed by atoms with van der Waals surface area (Å²) in [5.41, 5.74) is 0. The maximum atomic E-state index is 12.9. The highest BCUT2D eigenvalue weighted by Crippen LogP contribution is 2.43. The van der Waals surface area contributed by atoms with Gasteiger partial charge in [0.25, 0.3) is 0 Å². The van der Waals surface area contributed by atoms with Crippen LogP contribution in [0.4, 0.5) is 0 Å². The molecule has 2 unspecified atom stereocenters. The van der Waals surface area contributed by atoms with Gasteiger partial charge in [-0.2, -0.15) is 0 Å². The van der Waals surface area contributed by atoms with Crippen LogP contribution in [-0.4, -0.2) is 74.9 Å². The van der Waals surface area contributed by atoms with Crippen molar-refractivity contribution < 1.29 is 42.1 Å². The lowest BCUT2D eigenvalue weighted by atomic mass is 10.1. The Balaban J connectivity index is 4.22. The molecule has 0 aliphatic heterocycles. The number of likely N-dealkylation sites (N-methyl/N-ethyl adjacent to an activating group) is 1. The molecule has 0 saturated heterocycles. The van der Waals surface area contributed by atoms with E-state index in [0.29, 0.717) is 23.9 Å². The Morgan fingerprint density at radius 3 is 0.800 bits per heavy atom. The summed E-state index contributed by atoms with van der Waals surface area (Å²) in [6.07, 6.45) is 127. The molecule has 10 heteroatoms. The van der Waals surface area contributed by atoms with E-state index in [2.05, 4.69) is 269 Å². The van der Waals surface area contributed by atoms with Gasteiger partial charge in [0.2, 0.25) is 0 Å². The highest BCUT2D eigenvalue weighted by atomic mass is 31.2.